The molecule has 0 atom stereocenters. The maximum atomic E-state index is 11.9. The number of esters is 1. The molecule has 0 aliphatic rings. The smallest absolute Gasteiger partial charge is 0.337 e. The van der Waals surface area contributed by atoms with Crippen LogP contribution in [0.15, 0.2) is 42.6 Å². The van der Waals surface area contributed by atoms with Crippen molar-refractivity contribution in [3.05, 3.63) is 53.2 Å². The van der Waals surface area contributed by atoms with E-state index in [1.807, 2.05) is 18.2 Å². The van der Waals surface area contributed by atoms with Crippen molar-refractivity contribution in [2.75, 3.05) is 21.3 Å². The third-order valence-electron chi connectivity index (χ3n) is 3.92. The molecule has 0 bridgehead atoms. The van der Waals surface area contributed by atoms with Crippen LogP contribution < -0.4 is 9.47 Å². The van der Waals surface area contributed by atoms with Crippen LogP contribution in [0.5, 0.6) is 11.5 Å². The number of hydrogen-bond acceptors (Lipinski definition) is 5. The van der Waals surface area contributed by atoms with Crippen molar-refractivity contribution in [2.24, 2.45) is 0 Å². The maximum absolute atomic E-state index is 11.9. The van der Waals surface area contributed by atoms with Crippen LogP contribution in [0, 0.1) is 0 Å². The van der Waals surface area contributed by atoms with E-state index in [9.17, 15) is 4.79 Å². The molecule has 3 aromatic rings. The molecule has 0 spiro atoms. The Morgan fingerprint density at radius 2 is 1.68 bits per heavy atom. The minimum Gasteiger partial charge on any atom is -0.496 e. The van der Waals surface area contributed by atoms with Gasteiger partial charge in [-0.25, -0.2) is 4.79 Å². The number of carbonyl (C=O) groups excluding carboxylic acids is 1. The van der Waals surface area contributed by atoms with Crippen molar-refractivity contribution in [3.8, 4) is 22.8 Å². The Kier molecular flexibility index (Phi) is 4.76. The molecule has 0 aliphatic carbocycles. The summed E-state index contributed by atoms with van der Waals surface area (Å²) in [6.45, 7) is 0. The number of nitrogens with zero attached hydrogens (tertiary/aromatic N) is 1. The highest BCUT2D eigenvalue weighted by Crippen LogP contribution is 2.41. The Balaban J connectivity index is 2.37. The fraction of sp³-hybridized carbons (Fsp3) is 0.158. The molecule has 0 saturated carbocycles. The number of hydrogen-bond donors (Lipinski definition) is 0. The molecule has 2 aromatic carbocycles. The normalized spacial score (nSPS) is 10.6. The summed E-state index contributed by atoms with van der Waals surface area (Å²) in [7, 11) is 4.50. The quantitative estimate of drug-likeness (QED) is 0.649. The highest BCUT2D eigenvalue weighted by Gasteiger charge is 2.19. The first-order valence-corrected chi connectivity index (χ1v) is 7.86. The summed E-state index contributed by atoms with van der Waals surface area (Å²) in [5, 5.41) is 1.97. The van der Waals surface area contributed by atoms with E-state index in [-0.39, 0.29) is 0 Å². The number of methoxy groups -OCH3 is 3. The number of ether oxygens (including phenoxy) is 3. The summed E-state index contributed by atoms with van der Waals surface area (Å²) in [6, 6.07) is 10.6. The largest absolute Gasteiger partial charge is 0.496 e. The standard InChI is InChI=1S/C19H16ClNO4/c1-23-15-5-4-6-16(24-2)17(15)18-13-9-11(19(22)25-3)7-8-12(13)14(20)10-21-18/h4-10H,1-3H3. The molecular weight excluding hydrogens is 342 g/mol. The number of rotatable bonds is 4. The van der Waals surface area contributed by atoms with Gasteiger partial charge in [-0.1, -0.05) is 23.7 Å². The van der Waals surface area contributed by atoms with Crippen molar-refractivity contribution in [2.45, 2.75) is 0 Å². The molecule has 0 amide bonds. The van der Waals surface area contributed by atoms with Crippen molar-refractivity contribution >= 4 is 28.3 Å². The lowest BCUT2D eigenvalue weighted by Crippen LogP contribution is -2.01. The number of halogens is 1. The molecule has 0 N–H and O–H groups in total. The van der Waals surface area contributed by atoms with E-state index in [0.717, 1.165) is 5.39 Å². The monoisotopic (exact) mass is 357 g/mol. The Bertz CT molecular complexity index is 933. The molecule has 0 saturated heterocycles. The van der Waals surface area contributed by atoms with Gasteiger partial charge in [-0.2, -0.15) is 0 Å². The molecule has 0 fully saturated rings. The second-order valence-corrected chi connectivity index (χ2v) is 5.65. The van der Waals surface area contributed by atoms with Gasteiger partial charge >= 0.3 is 5.97 Å². The second kappa shape index (κ2) is 6.99. The summed E-state index contributed by atoms with van der Waals surface area (Å²) in [4.78, 5) is 16.4. The number of benzene rings is 2. The number of pyridine rings is 1. The van der Waals surface area contributed by atoms with Crippen LogP contribution in [0.2, 0.25) is 5.02 Å². The van der Waals surface area contributed by atoms with Gasteiger partial charge in [-0.05, 0) is 24.3 Å². The Labute approximate surface area is 150 Å². The van der Waals surface area contributed by atoms with Gasteiger partial charge in [0.1, 0.15) is 11.5 Å². The van der Waals surface area contributed by atoms with Crippen LogP contribution in [0.25, 0.3) is 22.0 Å². The van der Waals surface area contributed by atoms with Crippen molar-refractivity contribution in [1.82, 2.24) is 4.98 Å². The van der Waals surface area contributed by atoms with Gasteiger partial charge in [-0.3, -0.25) is 4.98 Å². The Hall–Kier alpha value is -2.79. The molecule has 128 valence electrons. The predicted molar refractivity (Wildman–Crippen MR) is 96.6 cm³/mol. The zero-order valence-corrected chi connectivity index (χ0v) is 14.8. The van der Waals surface area contributed by atoms with E-state index >= 15 is 0 Å². The molecule has 0 aliphatic heterocycles. The fourth-order valence-electron chi connectivity index (χ4n) is 2.74. The van der Waals surface area contributed by atoms with Gasteiger partial charge in [0, 0.05) is 17.0 Å². The first-order valence-electron chi connectivity index (χ1n) is 7.48. The fourth-order valence-corrected chi connectivity index (χ4v) is 2.95. The van der Waals surface area contributed by atoms with Gasteiger partial charge in [0.15, 0.2) is 0 Å². The lowest BCUT2D eigenvalue weighted by atomic mass is 10.00. The van der Waals surface area contributed by atoms with Crippen molar-refractivity contribution < 1.29 is 19.0 Å². The van der Waals surface area contributed by atoms with Crippen molar-refractivity contribution in [1.29, 1.82) is 0 Å². The zero-order chi connectivity index (χ0) is 18.0. The second-order valence-electron chi connectivity index (χ2n) is 5.24. The third-order valence-corrected chi connectivity index (χ3v) is 4.23. The van der Waals surface area contributed by atoms with Crippen LogP contribution in [0.4, 0.5) is 0 Å². The summed E-state index contributed by atoms with van der Waals surface area (Å²) < 4.78 is 15.8. The first-order chi connectivity index (χ1) is 12.1. The van der Waals surface area contributed by atoms with Gasteiger partial charge in [-0.15, -0.1) is 0 Å². The molecular formula is C19H16ClNO4. The minimum absolute atomic E-state index is 0.411. The van der Waals surface area contributed by atoms with E-state index in [0.29, 0.717) is 38.7 Å². The molecule has 6 heteroatoms. The van der Waals surface area contributed by atoms with Crippen LogP contribution in [0.1, 0.15) is 10.4 Å². The molecule has 25 heavy (non-hydrogen) atoms. The number of fused-ring (bicyclic) bond motifs is 1. The van der Waals surface area contributed by atoms with E-state index in [4.69, 9.17) is 25.8 Å². The maximum Gasteiger partial charge on any atom is 0.337 e. The average molecular weight is 358 g/mol. The predicted octanol–water partition coefficient (Wildman–Crippen LogP) is 4.36. The summed E-state index contributed by atoms with van der Waals surface area (Å²) in [5.41, 5.74) is 1.71. The minimum atomic E-state index is -0.431. The highest BCUT2D eigenvalue weighted by atomic mass is 35.5. The van der Waals surface area contributed by atoms with Gasteiger partial charge in [0.2, 0.25) is 0 Å². The summed E-state index contributed by atoms with van der Waals surface area (Å²) in [5.74, 6) is 0.790. The van der Waals surface area contributed by atoms with Gasteiger partial charge < -0.3 is 14.2 Å². The molecule has 0 radical (unpaired) electrons. The first kappa shape index (κ1) is 17.0. The highest BCUT2D eigenvalue weighted by molar-refractivity contribution is 6.35. The topological polar surface area (TPSA) is 57.7 Å². The SMILES string of the molecule is COC(=O)c1ccc2c(Cl)cnc(-c3c(OC)cccc3OC)c2c1. The molecule has 0 unspecified atom stereocenters. The summed E-state index contributed by atoms with van der Waals surface area (Å²) in [6.07, 6.45) is 1.57. The number of aromatic nitrogens is 1. The molecule has 5 nitrogen and oxygen atoms in total. The zero-order valence-electron chi connectivity index (χ0n) is 14.0. The lowest BCUT2D eigenvalue weighted by molar-refractivity contribution is 0.0601. The molecule has 1 aromatic heterocycles. The van der Waals surface area contributed by atoms with E-state index < -0.39 is 5.97 Å². The van der Waals surface area contributed by atoms with E-state index in [1.54, 1.807) is 38.6 Å². The third kappa shape index (κ3) is 2.98. The van der Waals surface area contributed by atoms with E-state index in [2.05, 4.69) is 4.98 Å². The Morgan fingerprint density at radius 3 is 2.28 bits per heavy atom. The van der Waals surface area contributed by atoms with Gasteiger partial charge in [0.05, 0.1) is 43.2 Å². The van der Waals surface area contributed by atoms with Crippen LogP contribution >= 0.6 is 11.6 Å². The molecule has 1 heterocycles. The number of carbonyl (C=O) groups is 1. The van der Waals surface area contributed by atoms with Crippen molar-refractivity contribution in [3.63, 3.8) is 0 Å². The van der Waals surface area contributed by atoms with Crippen LogP contribution in [0.3, 0.4) is 0 Å². The van der Waals surface area contributed by atoms with Crippen LogP contribution in [-0.2, 0) is 4.74 Å². The summed E-state index contributed by atoms with van der Waals surface area (Å²) >= 11 is 6.29. The van der Waals surface area contributed by atoms with E-state index in [1.165, 1.54) is 7.11 Å². The lowest BCUT2D eigenvalue weighted by Gasteiger charge is -2.15. The Morgan fingerprint density at radius 1 is 1.00 bits per heavy atom. The van der Waals surface area contributed by atoms with Gasteiger partial charge in [0.25, 0.3) is 0 Å². The average Bonchev–Trinajstić information content (AvgIpc) is 2.66. The van der Waals surface area contributed by atoms with Crippen LogP contribution in [-0.4, -0.2) is 32.3 Å². The molecule has 3 rings (SSSR count).